The SMILES string of the molecule is COc1cc(OC)c(Nc2ncnc(NCc3ccccc3)c2[N+](=O)[O-])cc1Cl. The van der Waals surface area contributed by atoms with Gasteiger partial charge in [-0.2, -0.15) is 0 Å². The third-order valence-electron chi connectivity index (χ3n) is 4.03. The lowest BCUT2D eigenvalue weighted by Gasteiger charge is -2.14. The number of methoxy groups -OCH3 is 2. The summed E-state index contributed by atoms with van der Waals surface area (Å²) in [6.45, 7) is 0.371. The van der Waals surface area contributed by atoms with Crippen molar-refractivity contribution >= 4 is 34.6 Å². The number of anilines is 3. The quantitative estimate of drug-likeness (QED) is 0.411. The highest BCUT2D eigenvalue weighted by Gasteiger charge is 2.24. The second-order valence-corrected chi connectivity index (χ2v) is 6.23. The van der Waals surface area contributed by atoms with Crippen molar-refractivity contribution in [1.82, 2.24) is 9.97 Å². The van der Waals surface area contributed by atoms with E-state index in [4.69, 9.17) is 21.1 Å². The van der Waals surface area contributed by atoms with Gasteiger partial charge in [-0.05, 0) is 11.6 Å². The Bertz CT molecular complexity index is 1020. The molecule has 0 bridgehead atoms. The Morgan fingerprint density at radius 1 is 1.07 bits per heavy atom. The second-order valence-electron chi connectivity index (χ2n) is 5.83. The van der Waals surface area contributed by atoms with E-state index in [2.05, 4.69) is 20.6 Å². The normalized spacial score (nSPS) is 10.3. The number of nitro groups is 1. The monoisotopic (exact) mass is 415 g/mol. The largest absolute Gasteiger partial charge is 0.495 e. The number of hydrogen-bond acceptors (Lipinski definition) is 8. The average molecular weight is 416 g/mol. The number of rotatable bonds is 8. The summed E-state index contributed by atoms with van der Waals surface area (Å²) >= 11 is 6.18. The highest BCUT2D eigenvalue weighted by molar-refractivity contribution is 6.32. The third kappa shape index (κ3) is 4.64. The first-order valence-corrected chi connectivity index (χ1v) is 8.87. The van der Waals surface area contributed by atoms with Gasteiger partial charge in [0.15, 0.2) is 0 Å². The molecule has 0 saturated heterocycles. The maximum absolute atomic E-state index is 11.7. The molecule has 0 fully saturated rings. The second kappa shape index (κ2) is 9.07. The zero-order valence-corrected chi connectivity index (χ0v) is 16.4. The van der Waals surface area contributed by atoms with Gasteiger partial charge < -0.3 is 20.1 Å². The van der Waals surface area contributed by atoms with Crippen LogP contribution in [0.3, 0.4) is 0 Å². The van der Waals surface area contributed by atoms with Gasteiger partial charge in [0.05, 0.1) is 29.9 Å². The van der Waals surface area contributed by atoms with Crippen molar-refractivity contribution in [3.05, 3.63) is 69.5 Å². The van der Waals surface area contributed by atoms with Crippen molar-refractivity contribution in [3.8, 4) is 11.5 Å². The maximum atomic E-state index is 11.7. The van der Waals surface area contributed by atoms with Crippen LogP contribution in [-0.4, -0.2) is 29.1 Å². The Morgan fingerprint density at radius 3 is 2.41 bits per heavy atom. The molecule has 0 radical (unpaired) electrons. The van der Waals surface area contributed by atoms with Crippen LogP contribution in [-0.2, 0) is 6.54 Å². The summed E-state index contributed by atoms with van der Waals surface area (Å²) in [5.41, 5.74) is 1.06. The van der Waals surface area contributed by atoms with Gasteiger partial charge in [-0.3, -0.25) is 10.1 Å². The number of nitrogens with one attached hydrogen (secondary N) is 2. The number of halogens is 1. The third-order valence-corrected chi connectivity index (χ3v) is 4.33. The van der Waals surface area contributed by atoms with E-state index in [1.807, 2.05) is 30.3 Å². The molecule has 10 heteroatoms. The van der Waals surface area contributed by atoms with Gasteiger partial charge in [-0.25, -0.2) is 9.97 Å². The van der Waals surface area contributed by atoms with E-state index in [-0.39, 0.29) is 17.3 Å². The van der Waals surface area contributed by atoms with Crippen LogP contribution in [0.2, 0.25) is 5.02 Å². The molecule has 0 aliphatic heterocycles. The molecule has 3 aromatic rings. The molecular weight excluding hydrogens is 398 g/mol. The summed E-state index contributed by atoms with van der Waals surface area (Å²) in [7, 11) is 2.95. The van der Waals surface area contributed by atoms with Crippen LogP contribution in [0.1, 0.15) is 5.56 Å². The van der Waals surface area contributed by atoms with E-state index < -0.39 is 4.92 Å². The van der Waals surface area contributed by atoms with E-state index in [1.165, 1.54) is 20.5 Å². The highest BCUT2D eigenvalue weighted by Crippen LogP contribution is 2.39. The molecule has 1 heterocycles. The van der Waals surface area contributed by atoms with E-state index in [0.29, 0.717) is 28.8 Å². The fourth-order valence-electron chi connectivity index (χ4n) is 2.64. The average Bonchev–Trinajstić information content (AvgIpc) is 2.73. The molecule has 0 amide bonds. The Labute approximate surface area is 171 Å². The summed E-state index contributed by atoms with van der Waals surface area (Å²) in [5, 5.41) is 17.9. The number of hydrogen-bond donors (Lipinski definition) is 2. The molecular formula is C19H18ClN5O4. The molecule has 3 rings (SSSR count). The lowest BCUT2D eigenvalue weighted by molar-refractivity contribution is -0.383. The molecule has 2 aromatic carbocycles. The van der Waals surface area contributed by atoms with Crippen LogP contribution in [0.15, 0.2) is 48.8 Å². The highest BCUT2D eigenvalue weighted by atomic mass is 35.5. The molecule has 0 saturated carbocycles. The molecule has 0 unspecified atom stereocenters. The summed E-state index contributed by atoms with van der Waals surface area (Å²) < 4.78 is 10.5. The smallest absolute Gasteiger partial charge is 0.353 e. The first-order valence-electron chi connectivity index (χ1n) is 8.49. The van der Waals surface area contributed by atoms with Gasteiger partial charge in [0.2, 0.25) is 11.6 Å². The molecule has 150 valence electrons. The summed E-state index contributed by atoms with van der Waals surface area (Å²) in [4.78, 5) is 19.2. The predicted molar refractivity (Wildman–Crippen MR) is 110 cm³/mol. The van der Waals surface area contributed by atoms with Crippen LogP contribution in [0.25, 0.3) is 0 Å². The molecule has 0 spiro atoms. The van der Waals surface area contributed by atoms with Crippen molar-refractivity contribution < 1.29 is 14.4 Å². The van der Waals surface area contributed by atoms with Crippen molar-refractivity contribution in [2.45, 2.75) is 6.54 Å². The van der Waals surface area contributed by atoms with Crippen molar-refractivity contribution in [1.29, 1.82) is 0 Å². The minimum absolute atomic E-state index is 0.0000881. The van der Waals surface area contributed by atoms with Gasteiger partial charge in [-0.15, -0.1) is 0 Å². The van der Waals surface area contributed by atoms with E-state index in [0.717, 1.165) is 5.56 Å². The van der Waals surface area contributed by atoms with Crippen LogP contribution in [0.5, 0.6) is 11.5 Å². The topological polar surface area (TPSA) is 111 Å². The Balaban J connectivity index is 1.94. The van der Waals surface area contributed by atoms with Gasteiger partial charge in [0.1, 0.15) is 17.8 Å². The Morgan fingerprint density at radius 2 is 1.76 bits per heavy atom. The fraction of sp³-hybridized carbons (Fsp3) is 0.158. The van der Waals surface area contributed by atoms with E-state index >= 15 is 0 Å². The summed E-state index contributed by atoms with van der Waals surface area (Å²) in [6.07, 6.45) is 1.24. The van der Waals surface area contributed by atoms with Crippen molar-refractivity contribution in [3.63, 3.8) is 0 Å². The molecule has 1 aromatic heterocycles. The first-order chi connectivity index (χ1) is 14.0. The van der Waals surface area contributed by atoms with Crippen LogP contribution in [0.4, 0.5) is 23.0 Å². The molecule has 0 aliphatic carbocycles. The van der Waals surface area contributed by atoms with E-state index in [9.17, 15) is 10.1 Å². The molecule has 9 nitrogen and oxygen atoms in total. The number of ether oxygens (including phenoxy) is 2. The van der Waals surface area contributed by atoms with Crippen LogP contribution in [0, 0.1) is 10.1 Å². The number of nitrogens with zero attached hydrogens (tertiary/aromatic N) is 3. The van der Waals surface area contributed by atoms with Crippen LogP contribution < -0.4 is 20.1 Å². The predicted octanol–water partition coefficient (Wildman–Crippen LogP) is 4.41. The summed E-state index contributed by atoms with van der Waals surface area (Å²) in [5.74, 6) is 0.893. The minimum Gasteiger partial charge on any atom is -0.495 e. The lowest BCUT2D eigenvalue weighted by Crippen LogP contribution is -2.08. The molecule has 2 N–H and O–H groups in total. The lowest BCUT2D eigenvalue weighted by atomic mass is 10.2. The Kier molecular flexibility index (Phi) is 6.30. The minimum atomic E-state index is -0.548. The zero-order chi connectivity index (χ0) is 20.8. The molecule has 0 aliphatic rings. The number of benzene rings is 2. The van der Waals surface area contributed by atoms with E-state index in [1.54, 1.807) is 12.1 Å². The standard InChI is InChI=1S/C19H18ClN5O4/c1-28-15-9-16(29-2)14(8-13(15)20)24-19-17(25(26)27)18(22-11-23-19)21-10-12-6-4-3-5-7-12/h3-9,11H,10H2,1-2H3,(H2,21,22,23,24). The number of aromatic nitrogens is 2. The van der Waals surface area contributed by atoms with Gasteiger partial charge in [0, 0.05) is 12.6 Å². The fourth-order valence-corrected chi connectivity index (χ4v) is 2.88. The van der Waals surface area contributed by atoms with Gasteiger partial charge in [-0.1, -0.05) is 41.9 Å². The zero-order valence-electron chi connectivity index (χ0n) is 15.7. The van der Waals surface area contributed by atoms with Gasteiger partial charge >= 0.3 is 5.69 Å². The maximum Gasteiger partial charge on any atom is 0.353 e. The van der Waals surface area contributed by atoms with Crippen molar-refractivity contribution in [2.75, 3.05) is 24.9 Å². The molecule has 29 heavy (non-hydrogen) atoms. The first kappa shape index (κ1) is 20.2. The van der Waals surface area contributed by atoms with Crippen molar-refractivity contribution in [2.24, 2.45) is 0 Å². The molecule has 0 atom stereocenters. The van der Waals surface area contributed by atoms with Gasteiger partial charge in [0.25, 0.3) is 0 Å². The Hall–Kier alpha value is -3.59. The summed E-state index contributed by atoms with van der Waals surface area (Å²) in [6, 6.07) is 12.6. The van der Waals surface area contributed by atoms with Crippen LogP contribution >= 0.6 is 11.6 Å².